The first-order valence-corrected chi connectivity index (χ1v) is 6.56. The maximum Gasteiger partial charge on any atom is 0.269 e. The van der Waals surface area contributed by atoms with E-state index in [0.717, 1.165) is 22.4 Å². The van der Waals surface area contributed by atoms with E-state index in [1.54, 1.807) is 12.1 Å². The van der Waals surface area contributed by atoms with Crippen LogP contribution < -0.4 is 5.32 Å². The number of carbonyl (C=O) groups is 1. The van der Waals surface area contributed by atoms with Crippen LogP contribution in [0.25, 0.3) is 0 Å². The molecule has 0 aromatic heterocycles. The van der Waals surface area contributed by atoms with Gasteiger partial charge in [-0.25, -0.2) is 0 Å². The number of aryl methyl sites for hydroxylation is 2. The largest absolute Gasteiger partial charge is 0.326 e. The summed E-state index contributed by atoms with van der Waals surface area (Å²) in [7, 11) is 0. The first-order valence-electron chi connectivity index (χ1n) is 6.56. The second-order valence-corrected chi connectivity index (χ2v) is 4.97. The Balaban J connectivity index is 2.04. The lowest BCUT2D eigenvalue weighted by atomic mass is 10.1. The summed E-state index contributed by atoms with van der Waals surface area (Å²) in [6, 6.07) is 11.9. The van der Waals surface area contributed by atoms with Crippen molar-refractivity contribution in [1.82, 2.24) is 0 Å². The van der Waals surface area contributed by atoms with Crippen molar-refractivity contribution in [3.8, 4) is 0 Å². The Morgan fingerprint density at radius 2 is 1.81 bits per heavy atom. The van der Waals surface area contributed by atoms with Gasteiger partial charge in [-0.2, -0.15) is 0 Å². The van der Waals surface area contributed by atoms with Crippen LogP contribution in [0.4, 0.5) is 11.4 Å². The van der Waals surface area contributed by atoms with Crippen molar-refractivity contribution in [2.75, 3.05) is 5.32 Å². The summed E-state index contributed by atoms with van der Waals surface area (Å²) in [5, 5.41) is 13.4. The minimum atomic E-state index is -0.458. The fraction of sp³-hybridized carbons (Fsp3) is 0.188. The number of amides is 1. The molecule has 5 heteroatoms. The van der Waals surface area contributed by atoms with Crippen LogP contribution in [-0.4, -0.2) is 10.8 Å². The van der Waals surface area contributed by atoms with E-state index >= 15 is 0 Å². The Bertz CT molecular complexity index is 678. The van der Waals surface area contributed by atoms with Crippen LogP contribution in [0.2, 0.25) is 0 Å². The SMILES string of the molecule is Cc1ccc(C)c(NC(=O)Cc2ccc([N+](=O)[O-])cc2)c1. The highest BCUT2D eigenvalue weighted by molar-refractivity contribution is 5.93. The lowest BCUT2D eigenvalue weighted by Gasteiger charge is -2.09. The van der Waals surface area contributed by atoms with Crippen LogP contribution >= 0.6 is 0 Å². The molecule has 0 fully saturated rings. The number of carbonyl (C=O) groups excluding carboxylic acids is 1. The van der Waals surface area contributed by atoms with Crippen molar-refractivity contribution in [2.24, 2.45) is 0 Å². The molecule has 0 aliphatic carbocycles. The van der Waals surface area contributed by atoms with E-state index in [0.29, 0.717) is 0 Å². The Hall–Kier alpha value is -2.69. The van der Waals surface area contributed by atoms with Crippen LogP contribution in [0, 0.1) is 24.0 Å². The predicted molar refractivity (Wildman–Crippen MR) is 81.3 cm³/mol. The van der Waals surface area contributed by atoms with Crippen molar-refractivity contribution in [3.63, 3.8) is 0 Å². The third kappa shape index (κ3) is 3.89. The summed E-state index contributed by atoms with van der Waals surface area (Å²) in [6.07, 6.45) is 0.186. The molecule has 0 aliphatic heterocycles. The summed E-state index contributed by atoms with van der Waals surface area (Å²) in [5.74, 6) is -0.141. The number of nitrogens with zero attached hydrogens (tertiary/aromatic N) is 1. The molecule has 21 heavy (non-hydrogen) atoms. The topological polar surface area (TPSA) is 72.2 Å². The lowest BCUT2D eigenvalue weighted by Crippen LogP contribution is -2.15. The van der Waals surface area contributed by atoms with E-state index in [-0.39, 0.29) is 18.0 Å². The minimum absolute atomic E-state index is 0.0219. The molecule has 1 N–H and O–H groups in total. The van der Waals surface area contributed by atoms with Crippen LogP contribution in [0.5, 0.6) is 0 Å². The Morgan fingerprint density at radius 3 is 2.43 bits per heavy atom. The van der Waals surface area contributed by atoms with Crippen molar-refractivity contribution in [1.29, 1.82) is 0 Å². The van der Waals surface area contributed by atoms with Crippen molar-refractivity contribution in [2.45, 2.75) is 20.3 Å². The number of nitro benzene ring substituents is 1. The molecule has 0 spiro atoms. The molecule has 0 saturated heterocycles. The molecule has 0 bridgehead atoms. The molecule has 2 rings (SSSR count). The third-order valence-corrected chi connectivity index (χ3v) is 3.18. The molecule has 2 aromatic rings. The Kier molecular flexibility index (Phi) is 4.33. The molecule has 0 unspecified atom stereocenters. The van der Waals surface area contributed by atoms with E-state index in [1.807, 2.05) is 32.0 Å². The minimum Gasteiger partial charge on any atom is -0.326 e. The number of benzene rings is 2. The molecule has 5 nitrogen and oxygen atoms in total. The van der Waals surface area contributed by atoms with Gasteiger partial charge in [0.15, 0.2) is 0 Å². The normalized spacial score (nSPS) is 10.2. The average molecular weight is 284 g/mol. The van der Waals surface area contributed by atoms with Crippen molar-refractivity contribution >= 4 is 17.3 Å². The van der Waals surface area contributed by atoms with Gasteiger partial charge in [-0.05, 0) is 36.6 Å². The summed E-state index contributed by atoms with van der Waals surface area (Å²) in [4.78, 5) is 22.1. The number of nitrogens with one attached hydrogen (secondary N) is 1. The predicted octanol–water partition coefficient (Wildman–Crippen LogP) is 3.39. The van der Waals surface area contributed by atoms with Crippen LogP contribution in [0.3, 0.4) is 0 Å². The van der Waals surface area contributed by atoms with Gasteiger partial charge in [-0.1, -0.05) is 24.3 Å². The zero-order chi connectivity index (χ0) is 15.4. The number of hydrogen-bond acceptors (Lipinski definition) is 3. The summed E-state index contributed by atoms with van der Waals surface area (Å²) in [5.41, 5.74) is 3.63. The van der Waals surface area contributed by atoms with Gasteiger partial charge in [0.1, 0.15) is 0 Å². The van der Waals surface area contributed by atoms with E-state index in [4.69, 9.17) is 0 Å². The highest BCUT2D eigenvalue weighted by atomic mass is 16.6. The van der Waals surface area contributed by atoms with Crippen molar-refractivity contribution in [3.05, 3.63) is 69.3 Å². The Morgan fingerprint density at radius 1 is 1.14 bits per heavy atom. The molecule has 1 amide bonds. The quantitative estimate of drug-likeness (QED) is 0.691. The van der Waals surface area contributed by atoms with Gasteiger partial charge < -0.3 is 5.32 Å². The zero-order valence-electron chi connectivity index (χ0n) is 11.9. The second-order valence-electron chi connectivity index (χ2n) is 4.97. The molecule has 108 valence electrons. The number of nitro groups is 1. The monoisotopic (exact) mass is 284 g/mol. The lowest BCUT2D eigenvalue weighted by molar-refractivity contribution is -0.384. The van der Waals surface area contributed by atoms with Gasteiger partial charge in [0.05, 0.1) is 11.3 Å². The first-order chi connectivity index (χ1) is 9.95. The van der Waals surface area contributed by atoms with Crippen LogP contribution in [-0.2, 0) is 11.2 Å². The van der Waals surface area contributed by atoms with E-state index in [2.05, 4.69) is 5.32 Å². The summed E-state index contributed by atoms with van der Waals surface area (Å²) < 4.78 is 0. The van der Waals surface area contributed by atoms with Crippen LogP contribution in [0.15, 0.2) is 42.5 Å². The maximum absolute atomic E-state index is 12.0. The highest BCUT2D eigenvalue weighted by Gasteiger charge is 2.08. The molecular formula is C16H16N2O3. The van der Waals surface area contributed by atoms with Gasteiger partial charge in [0.2, 0.25) is 5.91 Å². The zero-order valence-corrected chi connectivity index (χ0v) is 11.9. The van der Waals surface area contributed by atoms with Crippen LogP contribution in [0.1, 0.15) is 16.7 Å². The highest BCUT2D eigenvalue weighted by Crippen LogP contribution is 2.17. The fourth-order valence-corrected chi connectivity index (χ4v) is 1.99. The molecule has 2 aromatic carbocycles. The second kappa shape index (κ2) is 6.17. The maximum atomic E-state index is 12.0. The van der Waals surface area contributed by atoms with Crippen molar-refractivity contribution < 1.29 is 9.72 Å². The third-order valence-electron chi connectivity index (χ3n) is 3.18. The number of rotatable bonds is 4. The molecule has 0 radical (unpaired) electrons. The average Bonchev–Trinajstić information content (AvgIpc) is 2.43. The van der Waals surface area contributed by atoms with Gasteiger partial charge in [0, 0.05) is 17.8 Å². The Labute approximate surface area is 122 Å². The van der Waals surface area contributed by atoms with Gasteiger partial charge >= 0.3 is 0 Å². The number of hydrogen-bond donors (Lipinski definition) is 1. The first kappa shape index (κ1) is 14.7. The smallest absolute Gasteiger partial charge is 0.269 e. The van der Waals surface area contributed by atoms with E-state index in [1.165, 1.54) is 12.1 Å². The van der Waals surface area contributed by atoms with Gasteiger partial charge in [-0.15, -0.1) is 0 Å². The summed E-state index contributed by atoms with van der Waals surface area (Å²) >= 11 is 0. The van der Waals surface area contributed by atoms with Gasteiger partial charge in [-0.3, -0.25) is 14.9 Å². The molecule has 0 heterocycles. The van der Waals surface area contributed by atoms with E-state index in [9.17, 15) is 14.9 Å². The van der Waals surface area contributed by atoms with Gasteiger partial charge in [0.25, 0.3) is 5.69 Å². The van der Waals surface area contributed by atoms with E-state index < -0.39 is 4.92 Å². The fourth-order valence-electron chi connectivity index (χ4n) is 1.99. The number of anilines is 1. The molecule has 0 saturated carbocycles. The molecular weight excluding hydrogens is 268 g/mol. The summed E-state index contributed by atoms with van der Waals surface area (Å²) in [6.45, 7) is 3.90. The standard InChI is InChI=1S/C16H16N2O3/c1-11-3-4-12(2)15(9-11)17-16(19)10-13-5-7-14(8-6-13)18(20)21/h3-9H,10H2,1-2H3,(H,17,19). The molecule has 0 aliphatic rings. The number of non-ortho nitro benzene ring substituents is 1. The molecule has 0 atom stereocenters.